The summed E-state index contributed by atoms with van der Waals surface area (Å²) in [6.07, 6.45) is 1.59. The number of nitrogens with zero attached hydrogens (tertiary/aromatic N) is 2. The minimum absolute atomic E-state index is 0.189. The number of ketones is 1. The van der Waals surface area contributed by atoms with Gasteiger partial charge in [0.15, 0.2) is 17.3 Å². The van der Waals surface area contributed by atoms with Gasteiger partial charge in [-0.3, -0.25) is 19.3 Å². The number of carbonyl (C=O) groups excluding carboxylic acids is 3. The van der Waals surface area contributed by atoms with Crippen LogP contribution in [0.25, 0.3) is 6.08 Å². The standard InChI is InChI=1S/C28H21BrN2O5S/c1-2-35-25-13-18(7-12-24(25)36-17-21-6-4-3-5-20(21)15-30)14-26-27(33)31(28(34)37-26)16-23(32)19-8-10-22(29)11-9-19/h3-14H,2,16-17H2,1H3/b26-14+. The molecule has 0 N–H and O–H groups in total. The first-order valence-electron chi connectivity index (χ1n) is 11.3. The monoisotopic (exact) mass is 576 g/mol. The second-order valence-corrected chi connectivity index (χ2v) is 9.80. The highest BCUT2D eigenvalue weighted by molar-refractivity contribution is 9.10. The zero-order valence-electron chi connectivity index (χ0n) is 19.8. The largest absolute Gasteiger partial charge is 0.490 e. The van der Waals surface area contributed by atoms with E-state index < -0.39 is 11.1 Å². The molecule has 37 heavy (non-hydrogen) atoms. The number of imide groups is 1. The molecule has 4 rings (SSSR count). The summed E-state index contributed by atoms with van der Waals surface area (Å²) in [7, 11) is 0. The summed E-state index contributed by atoms with van der Waals surface area (Å²) >= 11 is 4.10. The third kappa shape index (κ3) is 6.28. The molecule has 3 aromatic rings. The van der Waals surface area contributed by atoms with Gasteiger partial charge >= 0.3 is 0 Å². The Bertz CT molecular complexity index is 1430. The number of ether oxygens (including phenoxy) is 2. The van der Waals surface area contributed by atoms with Crippen molar-refractivity contribution < 1.29 is 23.9 Å². The summed E-state index contributed by atoms with van der Waals surface area (Å²) in [6.45, 7) is 2.09. The molecular formula is C28H21BrN2O5S. The lowest BCUT2D eigenvalue weighted by molar-refractivity contribution is -0.122. The van der Waals surface area contributed by atoms with E-state index in [0.29, 0.717) is 34.8 Å². The van der Waals surface area contributed by atoms with Crippen LogP contribution in [0.4, 0.5) is 4.79 Å². The highest BCUT2D eigenvalue weighted by Gasteiger charge is 2.36. The lowest BCUT2D eigenvalue weighted by Crippen LogP contribution is -2.33. The molecule has 2 amide bonds. The van der Waals surface area contributed by atoms with Gasteiger partial charge in [-0.1, -0.05) is 52.3 Å². The molecule has 1 aliphatic heterocycles. The summed E-state index contributed by atoms with van der Waals surface area (Å²) in [6, 6.07) is 21.2. The van der Waals surface area contributed by atoms with E-state index in [1.165, 1.54) is 0 Å². The molecule has 0 atom stereocenters. The molecule has 0 spiro atoms. The highest BCUT2D eigenvalue weighted by atomic mass is 79.9. The summed E-state index contributed by atoms with van der Waals surface area (Å²) in [5.41, 5.74) is 2.34. The molecular weight excluding hydrogens is 556 g/mol. The predicted octanol–water partition coefficient (Wildman–Crippen LogP) is 6.22. The molecule has 186 valence electrons. The number of Topliss-reactive ketones (excluding diaryl/α,β-unsaturated/α-hetero) is 1. The van der Waals surface area contributed by atoms with E-state index in [9.17, 15) is 19.6 Å². The lowest BCUT2D eigenvalue weighted by Gasteiger charge is -2.13. The Labute approximate surface area is 226 Å². The van der Waals surface area contributed by atoms with E-state index in [1.807, 2.05) is 19.1 Å². The molecule has 9 heteroatoms. The maximum Gasteiger partial charge on any atom is 0.293 e. The number of thioether (sulfide) groups is 1. The quantitative estimate of drug-likeness (QED) is 0.220. The third-order valence-electron chi connectivity index (χ3n) is 5.43. The number of hydrogen-bond donors (Lipinski definition) is 0. The first kappa shape index (κ1) is 26.2. The van der Waals surface area contributed by atoms with Crippen molar-refractivity contribution in [1.29, 1.82) is 5.26 Å². The molecule has 3 aromatic carbocycles. The number of carbonyl (C=O) groups is 3. The van der Waals surface area contributed by atoms with Crippen LogP contribution in [0.5, 0.6) is 11.5 Å². The summed E-state index contributed by atoms with van der Waals surface area (Å²) in [5, 5.41) is 8.79. The topological polar surface area (TPSA) is 96.7 Å². The van der Waals surface area contributed by atoms with Gasteiger partial charge in [0, 0.05) is 15.6 Å². The van der Waals surface area contributed by atoms with Gasteiger partial charge in [-0.05, 0) is 60.7 Å². The second kappa shape index (κ2) is 11.9. The Balaban J connectivity index is 1.49. The Morgan fingerprint density at radius 1 is 1.05 bits per heavy atom. The van der Waals surface area contributed by atoms with E-state index in [1.54, 1.807) is 60.7 Å². The smallest absolute Gasteiger partial charge is 0.293 e. The maximum atomic E-state index is 12.9. The molecule has 0 aliphatic carbocycles. The van der Waals surface area contributed by atoms with Crippen molar-refractivity contribution in [1.82, 2.24) is 4.90 Å². The first-order chi connectivity index (χ1) is 17.9. The van der Waals surface area contributed by atoms with Crippen LogP contribution in [0.15, 0.2) is 76.1 Å². The number of rotatable bonds is 9. The zero-order valence-corrected chi connectivity index (χ0v) is 22.2. The van der Waals surface area contributed by atoms with Crippen molar-refractivity contribution in [2.75, 3.05) is 13.2 Å². The SMILES string of the molecule is CCOc1cc(/C=C2/SC(=O)N(CC(=O)c3ccc(Br)cc3)C2=O)ccc1OCc1ccccc1C#N. The summed E-state index contributed by atoms with van der Waals surface area (Å²) < 4.78 is 12.5. The van der Waals surface area contributed by atoms with Crippen molar-refractivity contribution in [2.24, 2.45) is 0 Å². The van der Waals surface area contributed by atoms with Crippen molar-refractivity contribution in [3.05, 3.63) is 98.4 Å². The van der Waals surface area contributed by atoms with Crippen LogP contribution < -0.4 is 9.47 Å². The highest BCUT2D eigenvalue weighted by Crippen LogP contribution is 2.35. The molecule has 1 heterocycles. The molecule has 1 aliphatic rings. The molecule has 7 nitrogen and oxygen atoms in total. The van der Waals surface area contributed by atoms with Gasteiger partial charge in [-0.15, -0.1) is 0 Å². The van der Waals surface area contributed by atoms with Crippen molar-refractivity contribution in [3.8, 4) is 17.6 Å². The van der Waals surface area contributed by atoms with Crippen molar-refractivity contribution in [2.45, 2.75) is 13.5 Å². The lowest BCUT2D eigenvalue weighted by atomic mass is 10.1. The number of halogens is 1. The van der Waals surface area contributed by atoms with E-state index in [4.69, 9.17) is 9.47 Å². The fourth-order valence-corrected chi connectivity index (χ4v) is 4.67. The molecule has 1 saturated heterocycles. The summed E-state index contributed by atoms with van der Waals surface area (Å²) in [4.78, 5) is 39.2. The summed E-state index contributed by atoms with van der Waals surface area (Å²) in [5.74, 6) is 0.108. The van der Waals surface area contributed by atoms with Gasteiger partial charge in [0.05, 0.1) is 29.7 Å². The van der Waals surface area contributed by atoms with E-state index in [2.05, 4.69) is 22.0 Å². The van der Waals surface area contributed by atoms with Gasteiger partial charge in [0.25, 0.3) is 11.1 Å². The average Bonchev–Trinajstić information content (AvgIpc) is 3.16. The average molecular weight is 577 g/mol. The van der Waals surface area contributed by atoms with Crippen molar-refractivity contribution in [3.63, 3.8) is 0 Å². The molecule has 0 saturated carbocycles. The van der Waals surface area contributed by atoms with Crippen LogP contribution in [0.1, 0.15) is 34.0 Å². The number of nitriles is 1. The van der Waals surface area contributed by atoms with Crippen LogP contribution in [-0.2, 0) is 11.4 Å². The first-order valence-corrected chi connectivity index (χ1v) is 12.9. The Morgan fingerprint density at radius 3 is 2.54 bits per heavy atom. The number of amides is 2. The molecule has 0 aromatic heterocycles. The fraction of sp³-hybridized carbons (Fsp3) is 0.143. The Kier molecular flexibility index (Phi) is 8.43. The molecule has 0 bridgehead atoms. The van der Waals surface area contributed by atoms with Gasteiger partial charge in [-0.25, -0.2) is 0 Å². The Hall–Kier alpha value is -3.87. The van der Waals surface area contributed by atoms with Crippen LogP contribution in [0.3, 0.4) is 0 Å². The van der Waals surface area contributed by atoms with E-state index in [0.717, 1.165) is 26.7 Å². The van der Waals surface area contributed by atoms with E-state index in [-0.39, 0.29) is 23.8 Å². The minimum atomic E-state index is -0.521. The van der Waals surface area contributed by atoms with E-state index >= 15 is 0 Å². The zero-order chi connectivity index (χ0) is 26.4. The minimum Gasteiger partial charge on any atom is -0.490 e. The molecule has 0 unspecified atom stereocenters. The van der Waals surface area contributed by atoms with Gasteiger partial charge < -0.3 is 9.47 Å². The predicted molar refractivity (Wildman–Crippen MR) is 144 cm³/mol. The van der Waals surface area contributed by atoms with Crippen LogP contribution in [0, 0.1) is 11.3 Å². The molecule has 0 radical (unpaired) electrons. The number of benzene rings is 3. The third-order valence-corrected chi connectivity index (χ3v) is 6.86. The van der Waals surface area contributed by atoms with Crippen molar-refractivity contribution >= 4 is 50.7 Å². The van der Waals surface area contributed by atoms with Crippen LogP contribution in [0.2, 0.25) is 0 Å². The fourth-order valence-electron chi connectivity index (χ4n) is 3.57. The second-order valence-electron chi connectivity index (χ2n) is 7.89. The van der Waals surface area contributed by atoms with Gasteiger partial charge in [0.2, 0.25) is 0 Å². The van der Waals surface area contributed by atoms with Gasteiger partial charge in [-0.2, -0.15) is 5.26 Å². The van der Waals surface area contributed by atoms with Crippen LogP contribution in [-0.4, -0.2) is 35.0 Å². The van der Waals surface area contributed by atoms with Gasteiger partial charge in [0.1, 0.15) is 6.61 Å². The van der Waals surface area contributed by atoms with Crippen LogP contribution >= 0.6 is 27.7 Å². The normalized spacial score (nSPS) is 14.1. The molecule has 1 fully saturated rings. The number of hydrogen-bond acceptors (Lipinski definition) is 7. The maximum absolute atomic E-state index is 12.9. The Morgan fingerprint density at radius 2 is 1.81 bits per heavy atom.